The fourth-order valence-corrected chi connectivity index (χ4v) is 4.74. The molecule has 0 spiro atoms. The number of benzene rings is 2. The van der Waals surface area contributed by atoms with Crippen molar-refractivity contribution in [2.75, 3.05) is 0 Å². The van der Waals surface area contributed by atoms with Crippen molar-refractivity contribution in [1.82, 2.24) is 0 Å². The summed E-state index contributed by atoms with van der Waals surface area (Å²) in [6, 6.07) is 11.1. The third-order valence-electron chi connectivity index (χ3n) is 6.23. The molecule has 2 aliphatic rings. The molecule has 0 saturated carbocycles. The summed E-state index contributed by atoms with van der Waals surface area (Å²) in [5, 5.41) is 0. The molecule has 0 nitrogen and oxygen atoms in total. The summed E-state index contributed by atoms with van der Waals surface area (Å²) in [5.74, 6) is 0. The molecule has 0 saturated heterocycles. The molecule has 2 aliphatic carbocycles. The quantitative estimate of drug-likeness (QED) is 0.206. The van der Waals surface area contributed by atoms with Crippen molar-refractivity contribution < 1.29 is 23.3 Å². The van der Waals surface area contributed by atoms with Gasteiger partial charge in [-0.05, 0) is 34.8 Å². The molecule has 4 heteroatoms. The van der Waals surface area contributed by atoms with E-state index in [9.17, 15) is 0 Å². The second kappa shape index (κ2) is 13.8. The molecule has 34 heavy (non-hydrogen) atoms. The van der Waals surface area contributed by atoms with Gasteiger partial charge < -0.3 is 14.9 Å². The molecule has 0 fully saturated rings. The summed E-state index contributed by atoms with van der Waals surface area (Å²) in [6.07, 6.45) is 9.91. The Labute approximate surface area is 239 Å². The average Bonchev–Trinajstić information content (AvgIpc) is 3.33. The first-order valence-corrected chi connectivity index (χ1v) is 15.2. The van der Waals surface area contributed by atoms with Gasteiger partial charge in [0, 0.05) is 0 Å². The number of allylic oxidation sites excluding steroid dienone is 4. The summed E-state index contributed by atoms with van der Waals surface area (Å²) < 4.78 is 0. The van der Waals surface area contributed by atoms with Gasteiger partial charge >= 0.3 is 30.2 Å². The van der Waals surface area contributed by atoms with Crippen LogP contribution in [0.4, 0.5) is 0 Å². The van der Waals surface area contributed by atoms with Crippen LogP contribution in [0.5, 0.6) is 0 Å². The Bertz CT molecular complexity index is 1040. The van der Waals surface area contributed by atoms with Crippen LogP contribution in [0, 0.1) is 20.9 Å². The Morgan fingerprint density at radius 2 is 1.56 bits per heavy atom. The molecule has 186 valence electrons. The van der Waals surface area contributed by atoms with Crippen molar-refractivity contribution in [1.29, 1.82) is 0 Å². The van der Waals surface area contributed by atoms with Crippen LogP contribution in [0.2, 0.25) is 0 Å². The molecule has 0 heterocycles. The van der Waals surface area contributed by atoms with Crippen LogP contribution >= 0.6 is 24.8 Å². The van der Waals surface area contributed by atoms with Crippen LogP contribution in [0.25, 0.3) is 16.7 Å². The molecule has 2 radical (unpaired) electrons. The second-order valence-corrected chi connectivity index (χ2v) is 10.4. The zero-order chi connectivity index (χ0) is 22.3. The van der Waals surface area contributed by atoms with Crippen molar-refractivity contribution in [2.45, 2.75) is 78.6 Å². The Morgan fingerprint density at radius 1 is 0.941 bits per heavy atom. The fourth-order valence-electron chi connectivity index (χ4n) is 4.74. The molecule has 2 aromatic rings. The van der Waals surface area contributed by atoms with E-state index in [4.69, 9.17) is 0 Å². The third-order valence-corrected chi connectivity index (χ3v) is 6.23. The van der Waals surface area contributed by atoms with Crippen LogP contribution in [0.3, 0.4) is 0 Å². The molecule has 0 N–H and O–H groups in total. The van der Waals surface area contributed by atoms with E-state index in [1.54, 1.807) is 0 Å². The van der Waals surface area contributed by atoms with Crippen molar-refractivity contribution in [2.24, 2.45) is 0 Å². The summed E-state index contributed by atoms with van der Waals surface area (Å²) >= 11 is 1.36. The van der Waals surface area contributed by atoms with Crippen LogP contribution in [0.1, 0.15) is 88.3 Å². The van der Waals surface area contributed by atoms with E-state index < -0.39 is 0 Å². The number of rotatable bonds is 2. The topological polar surface area (TPSA) is 0 Å². The van der Waals surface area contributed by atoms with E-state index in [-0.39, 0.29) is 50.5 Å². The summed E-state index contributed by atoms with van der Waals surface area (Å²) in [4.78, 5) is 0. The second-order valence-electron chi connectivity index (χ2n) is 10.4. The maximum atomic E-state index is 3.92. The Kier molecular flexibility index (Phi) is 14.5. The maximum absolute atomic E-state index is 3.92. The van der Waals surface area contributed by atoms with Crippen LogP contribution in [-0.2, 0) is 47.0 Å². The number of fused-ring (bicyclic) bond motifs is 3. The van der Waals surface area contributed by atoms with Crippen molar-refractivity contribution in [3.63, 3.8) is 0 Å². The van der Waals surface area contributed by atoms with Gasteiger partial charge in [-0.1, -0.05) is 102 Å². The van der Waals surface area contributed by atoms with Gasteiger partial charge in [0.05, 0.1) is 0 Å². The summed E-state index contributed by atoms with van der Waals surface area (Å²) in [6.45, 7) is 19.3. The monoisotopic (exact) mass is 589 g/mol. The zero-order valence-corrected chi connectivity index (χ0v) is 27.5. The SMILES string of the molecule is CCc1c(C2=CC=CC2)c(C(C)(C)C)[c-]c2c1-c1ccc(C(C)(C)C)cc1C2.Cl.Cl.[CH3-].[CH3-].[Si]=[Zr]. The molecule has 4 rings (SSSR count). The Morgan fingerprint density at radius 3 is 2.03 bits per heavy atom. The average molecular weight is 592 g/mol. The molecular formula is C30H41Cl2SiZr-3. The molecule has 0 amide bonds. The molecular weight excluding hydrogens is 551 g/mol. The van der Waals surface area contributed by atoms with E-state index in [1.807, 2.05) is 0 Å². The number of halogens is 2. The van der Waals surface area contributed by atoms with Crippen LogP contribution in [0.15, 0.2) is 36.4 Å². The fraction of sp³-hybridized carbons (Fsp3) is 0.400. The first kappa shape index (κ1) is 35.8. The first-order chi connectivity index (χ1) is 14.1. The predicted octanol–water partition coefficient (Wildman–Crippen LogP) is 8.92. The van der Waals surface area contributed by atoms with Crippen LogP contribution in [-0.4, -0.2) is 6.88 Å². The van der Waals surface area contributed by atoms with Crippen molar-refractivity contribution in [3.8, 4) is 11.1 Å². The van der Waals surface area contributed by atoms with Gasteiger partial charge in [-0.15, -0.1) is 52.6 Å². The summed E-state index contributed by atoms with van der Waals surface area (Å²) in [7, 11) is 0. The molecule has 0 unspecified atom stereocenters. The normalized spacial score (nSPS) is 12.9. The van der Waals surface area contributed by atoms with Gasteiger partial charge in [0.2, 0.25) is 0 Å². The van der Waals surface area contributed by atoms with Gasteiger partial charge in [-0.2, -0.15) is 6.07 Å². The molecule has 2 aromatic carbocycles. The predicted molar refractivity (Wildman–Crippen MR) is 155 cm³/mol. The van der Waals surface area contributed by atoms with E-state index in [1.165, 1.54) is 73.4 Å². The Balaban J connectivity index is 0. The van der Waals surface area contributed by atoms with Crippen molar-refractivity contribution in [3.05, 3.63) is 90.7 Å². The standard InChI is InChI=1S/C28H33.2CH3.2ClH.Si.Zr/c1-8-22-25-20(15-19-16-21(27(2,3)4)13-14-23(19)25)17-24(28(5,6)7)26(22)18-11-9-10-12-18;;;;;;/h9-11,13-14,16H,8,12,15H2,1-7H3;2*1H3;2*1H;;/q3*-1;;;;. The summed E-state index contributed by atoms with van der Waals surface area (Å²) in [5.41, 5.74) is 13.3. The van der Waals surface area contributed by atoms with Gasteiger partial charge in [0.15, 0.2) is 0 Å². The van der Waals surface area contributed by atoms with Crippen LogP contribution < -0.4 is 0 Å². The molecule has 0 aromatic heterocycles. The Hall–Kier alpha value is -0.400. The molecule has 0 atom stereocenters. The van der Waals surface area contributed by atoms with Gasteiger partial charge in [-0.3, -0.25) is 0 Å². The third kappa shape index (κ3) is 6.88. The first-order valence-electron chi connectivity index (χ1n) is 11.0. The number of hydrogen-bond donors (Lipinski definition) is 0. The van der Waals surface area contributed by atoms with E-state index >= 15 is 0 Å². The zero-order valence-electron chi connectivity index (χ0n) is 22.4. The van der Waals surface area contributed by atoms with Gasteiger partial charge in [0.25, 0.3) is 0 Å². The molecule has 0 aliphatic heterocycles. The minimum absolute atomic E-state index is 0. The van der Waals surface area contributed by atoms with Gasteiger partial charge in [0.1, 0.15) is 0 Å². The van der Waals surface area contributed by atoms with E-state index in [0.29, 0.717) is 0 Å². The van der Waals surface area contributed by atoms with E-state index in [2.05, 4.69) is 97.8 Å². The van der Waals surface area contributed by atoms with Crippen molar-refractivity contribution >= 4 is 37.3 Å². The van der Waals surface area contributed by atoms with Gasteiger partial charge in [-0.25, -0.2) is 0 Å². The minimum atomic E-state index is 0. The molecule has 0 bridgehead atoms. The van der Waals surface area contributed by atoms with E-state index in [0.717, 1.165) is 19.3 Å². The number of hydrogen-bond acceptors (Lipinski definition) is 0.